The summed E-state index contributed by atoms with van der Waals surface area (Å²) in [5, 5.41) is 8.76. The molecule has 2 saturated carbocycles. The third kappa shape index (κ3) is 1.39. The quantitative estimate of drug-likeness (QED) is 0.626. The molecule has 2 heteroatoms. The third-order valence-electron chi connectivity index (χ3n) is 3.19. The normalized spacial score (nSPS) is 42.4. The summed E-state index contributed by atoms with van der Waals surface area (Å²) in [6.45, 7) is 0. The SMILES string of the molecule is O=C(O)C1CCC2CC2CC1. The second-order valence-electron chi connectivity index (χ2n) is 3.95. The van der Waals surface area contributed by atoms with E-state index in [9.17, 15) is 4.79 Å². The molecule has 2 unspecified atom stereocenters. The van der Waals surface area contributed by atoms with Gasteiger partial charge in [0.05, 0.1) is 5.92 Å². The molecule has 0 bridgehead atoms. The summed E-state index contributed by atoms with van der Waals surface area (Å²) in [6.07, 6.45) is 5.57. The van der Waals surface area contributed by atoms with Gasteiger partial charge in [-0.15, -0.1) is 0 Å². The molecule has 2 nitrogen and oxygen atoms in total. The Morgan fingerprint density at radius 3 is 2.09 bits per heavy atom. The highest BCUT2D eigenvalue weighted by Crippen LogP contribution is 2.49. The van der Waals surface area contributed by atoms with E-state index in [0.717, 1.165) is 24.7 Å². The lowest BCUT2D eigenvalue weighted by atomic mass is 9.99. The van der Waals surface area contributed by atoms with Crippen LogP contribution in [-0.4, -0.2) is 11.1 Å². The highest BCUT2D eigenvalue weighted by atomic mass is 16.4. The van der Waals surface area contributed by atoms with Crippen molar-refractivity contribution in [2.24, 2.45) is 17.8 Å². The van der Waals surface area contributed by atoms with Crippen molar-refractivity contribution >= 4 is 5.97 Å². The number of hydrogen-bond acceptors (Lipinski definition) is 1. The van der Waals surface area contributed by atoms with Crippen LogP contribution < -0.4 is 0 Å². The number of hydrogen-bond donors (Lipinski definition) is 1. The molecule has 11 heavy (non-hydrogen) atoms. The van der Waals surface area contributed by atoms with Crippen LogP contribution in [0.2, 0.25) is 0 Å². The predicted molar refractivity (Wildman–Crippen MR) is 41.2 cm³/mol. The van der Waals surface area contributed by atoms with Gasteiger partial charge in [0.15, 0.2) is 0 Å². The van der Waals surface area contributed by atoms with E-state index >= 15 is 0 Å². The van der Waals surface area contributed by atoms with Crippen molar-refractivity contribution in [3.05, 3.63) is 0 Å². The van der Waals surface area contributed by atoms with E-state index in [1.165, 1.54) is 19.3 Å². The van der Waals surface area contributed by atoms with Crippen LogP contribution in [0.1, 0.15) is 32.1 Å². The Morgan fingerprint density at radius 1 is 1.09 bits per heavy atom. The standard InChI is InChI=1S/C9H14O2/c10-9(11)6-1-3-7-5-8(7)4-2-6/h6-8H,1-5H2,(H,10,11). The van der Waals surface area contributed by atoms with Gasteiger partial charge in [-0.1, -0.05) is 0 Å². The number of aliphatic carboxylic acids is 1. The molecule has 0 heterocycles. The number of carboxylic acids is 1. The summed E-state index contributed by atoms with van der Waals surface area (Å²) >= 11 is 0. The van der Waals surface area contributed by atoms with Crippen molar-refractivity contribution in [2.75, 3.05) is 0 Å². The van der Waals surface area contributed by atoms with Gasteiger partial charge in [0, 0.05) is 0 Å². The lowest BCUT2D eigenvalue weighted by molar-refractivity contribution is -0.142. The lowest BCUT2D eigenvalue weighted by Crippen LogP contribution is -2.12. The van der Waals surface area contributed by atoms with Crippen LogP contribution in [0, 0.1) is 17.8 Å². The molecular formula is C9H14O2. The first kappa shape index (κ1) is 7.14. The smallest absolute Gasteiger partial charge is 0.306 e. The summed E-state index contributed by atoms with van der Waals surface area (Å²) in [5.41, 5.74) is 0. The molecule has 2 rings (SSSR count). The van der Waals surface area contributed by atoms with Gasteiger partial charge in [-0.3, -0.25) is 4.79 Å². The maximum atomic E-state index is 10.6. The summed E-state index contributed by atoms with van der Waals surface area (Å²) in [6, 6.07) is 0. The monoisotopic (exact) mass is 154 g/mol. The van der Waals surface area contributed by atoms with Crippen LogP contribution in [0.15, 0.2) is 0 Å². The first-order valence-corrected chi connectivity index (χ1v) is 4.50. The summed E-state index contributed by atoms with van der Waals surface area (Å²) in [7, 11) is 0. The molecule has 2 fully saturated rings. The average molecular weight is 154 g/mol. The van der Waals surface area contributed by atoms with Crippen LogP contribution in [0.3, 0.4) is 0 Å². The van der Waals surface area contributed by atoms with Crippen molar-refractivity contribution in [3.63, 3.8) is 0 Å². The molecule has 0 spiro atoms. The first-order chi connectivity index (χ1) is 5.27. The van der Waals surface area contributed by atoms with E-state index in [2.05, 4.69) is 0 Å². The molecule has 0 aromatic carbocycles. The minimum absolute atomic E-state index is 0.0252. The van der Waals surface area contributed by atoms with Gasteiger partial charge in [-0.2, -0.15) is 0 Å². The number of carbonyl (C=O) groups is 1. The number of carboxylic acid groups (broad SMARTS) is 1. The minimum Gasteiger partial charge on any atom is -0.481 e. The molecule has 2 atom stereocenters. The van der Waals surface area contributed by atoms with E-state index in [4.69, 9.17) is 5.11 Å². The number of rotatable bonds is 1. The minimum atomic E-state index is -0.577. The highest BCUT2D eigenvalue weighted by Gasteiger charge is 2.40. The Labute approximate surface area is 66.6 Å². The van der Waals surface area contributed by atoms with Gasteiger partial charge in [-0.05, 0) is 43.9 Å². The van der Waals surface area contributed by atoms with E-state index in [1.807, 2.05) is 0 Å². The van der Waals surface area contributed by atoms with E-state index in [1.54, 1.807) is 0 Å². The molecule has 0 aromatic rings. The van der Waals surface area contributed by atoms with Crippen LogP contribution in [0.4, 0.5) is 0 Å². The Hall–Kier alpha value is -0.530. The largest absolute Gasteiger partial charge is 0.481 e. The Balaban J connectivity index is 1.91. The molecule has 2 aliphatic carbocycles. The molecule has 1 N–H and O–H groups in total. The van der Waals surface area contributed by atoms with E-state index in [0.29, 0.717) is 0 Å². The molecule has 62 valence electrons. The molecule has 0 amide bonds. The van der Waals surface area contributed by atoms with E-state index in [-0.39, 0.29) is 5.92 Å². The first-order valence-electron chi connectivity index (χ1n) is 4.50. The third-order valence-corrected chi connectivity index (χ3v) is 3.19. The molecule has 2 aliphatic rings. The van der Waals surface area contributed by atoms with Gasteiger partial charge in [0.1, 0.15) is 0 Å². The van der Waals surface area contributed by atoms with E-state index < -0.39 is 5.97 Å². The summed E-state index contributed by atoms with van der Waals surface area (Å²) < 4.78 is 0. The van der Waals surface area contributed by atoms with Crippen LogP contribution in [0.5, 0.6) is 0 Å². The molecule has 0 radical (unpaired) electrons. The maximum Gasteiger partial charge on any atom is 0.306 e. The molecule has 0 saturated heterocycles. The van der Waals surface area contributed by atoms with Crippen molar-refractivity contribution in [2.45, 2.75) is 32.1 Å². The van der Waals surface area contributed by atoms with Gasteiger partial charge < -0.3 is 5.11 Å². The number of fused-ring (bicyclic) bond motifs is 1. The van der Waals surface area contributed by atoms with Gasteiger partial charge in [0.25, 0.3) is 0 Å². The summed E-state index contributed by atoms with van der Waals surface area (Å²) in [5.74, 6) is 1.20. The summed E-state index contributed by atoms with van der Waals surface area (Å²) in [4.78, 5) is 10.6. The molecule has 0 aromatic heterocycles. The van der Waals surface area contributed by atoms with Gasteiger partial charge in [-0.25, -0.2) is 0 Å². The highest BCUT2D eigenvalue weighted by molar-refractivity contribution is 5.69. The zero-order chi connectivity index (χ0) is 7.84. The second-order valence-corrected chi connectivity index (χ2v) is 3.95. The van der Waals surface area contributed by atoms with Gasteiger partial charge in [0.2, 0.25) is 0 Å². The van der Waals surface area contributed by atoms with Gasteiger partial charge >= 0.3 is 5.97 Å². The maximum absolute atomic E-state index is 10.6. The van der Waals surface area contributed by atoms with Crippen LogP contribution in [-0.2, 0) is 4.79 Å². The Morgan fingerprint density at radius 2 is 1.64 bits per heavy atom. The Kier molecular flexibility index (Phi) is 1.63. The zero-order valence-corrected chi connectivity index (χ0v) is 6.62. The lowest BCUT2D eigenvalue weighted by Gasteiger charge is -2.07. The van der Waals surface area contributed by atoms with Crippen molar-refractivity contribution in [3.8, 4) is 0 Å². The second kappa shape index (κ2) is 2.50. The predicted octanol–water partition coefficient (Wildman–Crippen LogP) is 1.90. The molecular weight excluding hydrogens is 140 g/mol. The fraction of sp³-hybridized carbons (Fsp3) is 0.889. The van der Waals surface area contributed by atoms with Crippen LogP contribution >= 0.6 is 0 Å². The molecule has 0 aliphatic heterocycles. The van der Waals surface area contributed by atoms with Crippen molar-refractivity contribution in [1.82, 2.24) is 0 Å². The zero-order valence-electron chi connectivity index (χ0n) is 6.62. The fourth-order valence-electron chi connectivity index (χ4n) is 2.24. The average Bonchev–Trinajstić information content (AvgIpc) is 2.60. The van der Waals surface area contributed by atoms with Crippen molar-refractivity contribution in [1.29, 1.82) is 0 Å². The van der Waals surface area contributed by atoms with Crippen molar-refractivity contribution < 1.29 is 9.90 Å². The Bertz CT molecular complexity index is 164. The topological polar surface area (TPSA) is 37.3 Å². The van der Waals surface area contributed by atoms with Crippen LogP contribution in [0.25, 0.3) is 0 Å². The fourth-order valence-corrected chi connectivity index (χ4v) is 2.24.